The number of aromatic nitrogens is 2. The molecule has 1 aromatic rings. The Balaban J connectivity index is 3.00. The van der Waals surface area contributed by atoms with Crippen LogP contribution in [-0.2, 0) is 16.6 Å². The van der Waals surface area contributed by atoms with Crippen LogP contribution < -0.4 is 4.72 Å². The number of sulfonamides is 1. The van der Waals surface area contributed by atoms with Crippen LogP contribution in [0.5, 0.6) is 0 Å². The van der Waals surface area contributed by atoms with Crippen LogP contribution in [0.4, 0.5) is 0 Å². The van der Waals surface area contributed by atoms with Gasteiger partial charge in [-0.1, -0.05) is 6.92 Å². The Hall–Kier alpha value is -0.300. The fourth-order valence-corrected chi connectivity index (χ4v) is 3.72. The number of hydrogen-bond acceptors (Lipinski definition) is 3. The zero-order chi connectivity index (χ0) is 13.8. The maximum Gasteiger partial charge on any atom is 0.260 e. The van der Waals surface area contributed by atoms with E-state index in [4.69, 9.17) is 23.2 Å². The predicted octanol–water partition coefficient (Wildman–Crippen LogP) is 1.81. The van der Waals surface area contributed by atoms with Crippen molar-refractivity contribution in [1.82, 2.24) is 14.3 Å². The Morgan fingerprint density at radius 3 is 2.39 bits per heavy atom. The van der Waals surface area contributed by atoms with Gasteiger partial charge in [0.05, 0.1) is 11.9 Å². The average Bonchev–Trinajstić information content (AvgIpc) is 2.85. The molecule has 0 radical (unpaired) electrons. The molecular formula is C10H17Cl2N3O2S. The van der Waals surface area contributed by atoms with Crippen LogP contribution in [0.25, 0.3) is 0 Å². The third kappa shape index (κ3) is 3.38. The van der Waals surface area contributed by atoms with Gasteiger partial charge in [-0.25, -0.2) is 18.1 Å². The molecule has 0 aliphatic carbocycles. The lowest BCUT2D eigenvalue weighted by Crippen LogP contribution is -2.51. The fraction of sp³-hybridized carbons (Fsp3) is 0.700. The van der Waals surface area contributed by atoms with Crippen LogP contribution in [0.1, 0.15) is 20.3 Å². The molecule has 1 aromatic heterocycles. The second-order valence-electron chi connectivity index (χ2n) is 4.05. The lowest BCUT2D eigenvalue weighted by molar-refractivity contribution is 0.448. The maximum absolute atomic E-state index is 12.1. The van der Waals surface area contributed by atoms with Crippen LogP contribution in [0, 0.1) is 0 Å². The van der Waals surface area contributed by atoms with Gasteiger partial charge in [0.15, 0.2) is 5.03 Å². The number of nitrogens with one attached hydrogen (secondary N) is 1. The van der Waals surface area contributed by atoms with Gasteiger partial charge in [0.2, 0.25) is 0 Å². The lowest BCUT2D eigenvalue weighted by Gasteiger charge is -2.28. The largest absolute Gasteiger partial charge is 0.336 e. The monoisotopic (exact) mass is 313 g/mol. The minimum absolute atomic E-state index is 0.0163. The third-order valence-corrected chi connectivity index (χ3v) is 5.28. The van der Waals surface area contributed by atoms with Gasteiger partial charge in [-0.15, -0.1) is 23.2 Å². The summed E-state index contributed by atoms with van der Waals surface area (Å²) in [6.45, 7) is 4.39. The number of rotatable bonds is 7. The van der Waals surface area contributed by atoms with E-state index >= 15 is 0 Å². The van der Waals surface area contributed by atoms with E-state index in [-0.39, 0.29) is 16.8 Å². The van der Waals surface area contributed by atoms with Crippen LogP contribution in [0.15, 0.2) is 17.6 Å². The van der Waals surface area contributed by atoms with Crippen molar-refractivity contribution < 1.29 is 8.42 Å². The summed E-state index contributed by atoms with van der Waals surface area (Å²) in [7, 11) is -3.69. The molecule has 0 bridgehead atoms. The number of aryl methyl sites for hydroxylation is 1. The van der Waals surface area contributed by atoms with Crippen LogP contribution in [-0.4, -0.2) is 35.3 Å². The molecule has 0 aliphatic heterocycles. The number of nitrogens with zero attached hydrogens (tertiary/aromatic N) is 2. The molecule has 0 atom stereocenters. The van der Waals surface area contributed by atoms with Gasteiger partial charge in [0.1, 0.15) is 0 Å². The Morgan fingerprint density at radius 2 is 2.00 bits per heavy atom. The second-order valence-corrected chi connectivity index (χ2v) is 6.21. The van der Waals surface area contributed by atoms with Crippen molar-refractivity contribution in [3.8, 4) is 0 Å². The highest BCUT2D eigenvalue weighted by Gasteiger charge is 2.33. The van der Waals surface area contributed by atoms with E-state index in [9.17, 15) is 8.42 Å². The van der Waals surface area contributed by atoms with E-state index in [1.54, 1.807) is 4.57 Å². The topological polar surface area (TPSA) is 64.0 Å². The number of imidazole rings is 1. The molecule has 0 aliphatic rings. The van der Waals surface area contributed by atoms with Crippen molar-refractivity contribution in [3.05, 3.63) is 12.5 Å². The van der Waals surface area contributed by atoms with E-state index in [1.807, 2.05) is 13.8 Å². The molecule has 0 aromatic carbocycles. The molecule has 1 rings (SSSR count). The highest BCUT2D eigenvalue weighted by Crippen LogP contribution is 2.18. The lowest BCUT2D eigenvalue weighted by atomic mass is 10.0. The van der Waals surface area contributed by atoms with E-state index in [1.165, 1.54) is 12.5 Å². The predicted molar refractivity (Wildman–Crippen MR) is 72.7 cm³/mol. The molecule has 0 saturated heterocycles. The number of hydrogen-bond donors (Lipinski definition) is 1. The first kappa shape index (κ1) is 15.8. The molecule has 1 N–H and O–H groups in total. The normalized spacial score (nSPS) is 12.9. The molecule has 0 spiro atoms. The van der Waals surface area contributed by atoms with E-state index in [2.05, 4.69) is 9.71 Å². The van der Waals surface area contributed by atoms with Crippen LogP contribution in [0.3, 0.4) is 0 Å². The minimum Gasteiger partial charge on any atom is -0.336 e. The molecule has 8 heteroatoms. The summed E-state index contributed by atoms with van der Waals surface area (Å²) >= 11 is 11.6. The van der Waals surface area contributed by atoms with Gasteiger partial charge < -0.3 is 4.57 Å². The van der Waals surface area contributed by atoms with Gasteiger partial charge in [0.25, 0.3) is 10.0 Å². The van der Waals surface area contributed by atoms with Crippen molar-refractivity contribution >= 4 is 33.2 Å². The smallest absolute Gasteiger partial charge is 0.260 e. The average molecular weight is 314 g/mol. The van der Waals surface area contributed by atoms with Crippen LogP contribution in [0.2, 0.25) is 0 Å². The molecule has 104 valence electrons. The maximum atomic E-state index is 12.1. The first-order valence-corrected chi connectivity index (χ1v) is 8.16. The first-order valence-electron chi connectivity index (χ1n) is 5.60. The van der Waals surface area contributed by atoms with Gasteiger partial charge in [-0.2, -0.15) is 0 Å². The Bertz CT molecular complexity index is 475. The quantitative estimate of drug-likeness (QED) is 0.781. The standard InChI is InChI=1S/C10H17Cl2N3O2S/c1-3-10(6-11,7-12)14-18(16,17)9-5-15(4-2)8-13-9/h5,8,14H,3-4,6-7H2,1-2H3. The Labute approximate surface area is 118 Å². The summed E-state index contributed by atoms with van der Waals surface area (Å²) in [5.74, 6) is 0.224. The second kappa shape index (κ2) is 6.23. The zero-order valence-electron chi connectivity index (χ0n) is 10.4. The Kier molecular flexibility index (Phi) is 5.46. The number of alkyl halides is 2. The minimum atomic E-state index is -3.69. The highest BCUT2D eigenvalue weighted by molar-refractivity contribution is 7.89. The highest BCUT2D eigenvalue weighted by atomic mass is 35.5. The van der Waals surface area contributed by atoms with Gasteiger partial charge in [-0.3, -0.25) is 0 Å². The summed E-state index contributed by atoms with van der Waals surface area (Å²) < 4.78 is 28.5. The van der Waals surface area contributed by atoms with Crippen LogP contribution >= 0.6 is 23.2 Å². The molecule has 5 nitrogen and oxygen atoms in total. The molecule has 18 heavy (non-hydrogen) atoms. The van der Waals surface area contributed by atoms with Gasteiger partial charge in [-0.05, 0) is 13.3 Å². The van der Waals surface area contributed by atoms with E-state index in [0.717, 1.165) is 0 Å². The molecule has 0 amide bonds. The van der Waals surface area contributed by atoms with Crippen molar-refractivity contribution in [1.29, 1.82) is 0 Å². The van der Waals surface area contributed by atoms with Gasteiger partial charge >= 0.3 is 0 Å². The molecule has 1 heterocycles. The summed E-state index contributed by atoms with van der Waals surface area (Å²) in [5, 5.41) is -0.0163. The van der Waals surface area contributed by atoms with Crippen molar-refractivity contribution in [2.75, 3.05) is 11.8 Å². The molecule has 0 saturated carbocycles. The van der Waals surface area contributed by atoms with Crippen molar-refractivity contribution in [2.24, 2.45) is 0 Å². The molecular weight excluding hydrogens is 297 g/mol. The summed E-state index contributed by atoms with van der Waals surface area (Å²) in [6, 6.07) is 0. The first-order chi connectivity index (χ1) is 8.43. The molecule has 0 unspecified atom stereocenters. The summed E-state index contributed by atoms with van der Waals surface area (Å²) in [5.41, 5.74) is -0.835. The summed E-state index contributed by atoms with van der Waals surface area (Å²) in [4.78, 5) is 3.87. The third-order valence-electron chi connectivity index (χ3n) is 2.79. The fourth-order valence-electron chi connectivity index (χ4n) is 1.34. The molecule has 0 fully saturated rings. The van der Waals surface area contributed by atoms with E-state index < -0.39 is 15.6 Å². The zero-order valence-corrected chi connectivity index (χ0v) is 12.7. The summed E-state index contributed by atoms with van der Waals surface area (Å²) in [6.07, 6.45) is 3.46. The van der Waals surface area contributed by atoms with Gasteiger partial charge in [0, 0.05) is 24.5 Å². The SMILES string of the molecule is CCn1cnc(S(=O)(=O)NC(CC)(CCl)CCl)c1. The van der Waals surface area contributed by atoms with E-state index in [0.29, 0.717) is 13.0 Å². The van der Waals surface area contributed by atoms with Crippen molar-refractivity contribution in [3.63, 3.8) is 0 Å². The number of halogens is 2. The Morgan fingerprint density at radius 1 is 1.39 bits per heavy atom. The van der Waals surface area contributed by atoms with Crippen molar-refractivity contribution in [2.45, 2.75) is 37.4 Å².